The molecule has 2 atom stereocenters. The van der Waals surface area contributed by atoms with Gasteiger partial charge in [0.05, 0.1) is 5.71 Å². The lowest BCUT2D eigenvalue weighted by atomic mass is 9.79. The smallest absolute Gasteiger partial charge is 0.245 e. The Bertz CT molecular complexity index is 635. The molecule has 1 aromatic carbocycles. The molecule has 0 aromatic heterocycles. The Hall–Kier alpha value is -2.01. The Balaban J connectivity index is 2.12. The van der Waals surface area contributed by atoms with E-state index in [-0.39, 0.29) is 5.91 Å². The van der Waals surface area contributed by atoms with Gasteiger partial charge in [0, 0.05) is 24.1 Å². The molecule has 136 valence electrons. The lowest BCUT2D eigenvalue weighted by Gasteiger charge is -2.28. The van der Waals surface area contributed by atoms with E-state index in [4.69, 9.17) is 5.11 Å². The van der Waals surface area contributed by atoms with Gasteiger partial charge < -0.3 is 10.4 Å². The third kappa shape index (κ3) is 5.23. The summed E-state index contributed by atoms with van der Waals surface area (Å²) in [5.41, 5.74) is 4.27. The maximum atomic E-state index is 11.1. The molecule has 5 nitrogen and oxygen atoms in total. The van der Waals surface area contributed by atoms with Crippen LogP contribution < -0.4 is 5.32 Å². The number of carbonyl (C=O) groups excluding carboxylic acids is 1. The fraction of sp³-hybridized carbons (Fsp3) is 0.550. The van der Waals surface area contributed by atoms with Crippen LogP contribution in [0, 0.1) is 11.8 Å². The monoisotopic (exact) mass is 343 g/mol. The van der Waals surface area contributed by atoms with Crippen LogP contribution in [0.2, 0.25) is 0 Å². The molecule has 2 N–H and O–H groups in total. The highest BCUT2D eigenvalue weighted by Gasteiger charge is 2.28. The summed E-state index contributed by atoms with van der Waals surface area (Å²) in [6.07, 6.45) is 4.81. The number of aliphatic hydroxyl groups excluding tert-OH is 1. The van der Waals surface area contributed by atoms with Crippen molar-refractivity contribution in [3.05, 3.63) is 35.4 Å². The van der Waals surface area contributed by atoms with Gasteiger partial charge in [-0.25, -0.2) is 0 Å². The van der Waals surface area contributed by atoms with Crippen LogP contribution in [0.4, 0.5) is 0 Å². The van der Waals surface area contributed by atoms with Gasteiger partial charge in [0.25, 0.3) is 0 Å². The number of unbranched alkanes of at least 4 members (excludes halogenated alkanes) is 2. The first-order valence-corrected chi connectivity index (χ1v) is 9.15. The molecule has 1 heterocycles. The summed E-state index contributed by atoms with van der Waals surface area (Å²) in [6, 6.07) is 8.09. The fourth-order valence-electron chi connectivity index (χ4n) is 3.15. The van der Waals surface area contributed by atoms with E-state index in [1.165, 1.54) is 19.3 Å². The number of hydrogen-bond acceptors (Lipinski definition) is 4. The van der Waals surface area contributed by atoms with Gasteiger partial charge in [-0.1, -0.05) is 57.4 Å². The molecule has 2 unspecified atom stereocenters. The normalized spacial score (nSPS) is 20.0. The highest BCUT2D eigenvalue weighted by atomic mass is 16.3. The summed E-state index contributed by atoms with van der Waals surface area (Å²) in [4.78, 5) is 11.1. The zero-order valence-corrected chi connectivity index (χ0v) is 15.5. The third-order valence-electron chi connectivity index (χ3n) is 4.93. The molecule has 0 aliphatic carbocycles. The van der Waals surface area contributed by atoms with Crippen LogP contribution in [-0.4, -0.2) is 29.0 Å². The molecular weight excluding hydrogens is 314 g/mol. The van der Waals surface area contributed by atoms with Crippen molar-refractivity contribution in [2.75, 3.05) is 6.61 Å². The predicted octanol–water partition coefficient (Wildman–Crippen LogP) is 3.31. The van der Waals surface area contributed by atoms with Crippen LogP contribution in [-0.2, 0) is 11.3 Å². The first kappa shape index (κ1) is 19.3. The number of rotatable bonds is 8. The lowest BCUT2D eigenvalue weighted by Crippen LogP contribution is -2.30. The van der Waals surface area contributed by atoms with Gasteiger partial charge in [-0.15, -0.1) is 0 Å². The SMILES string of the molecule is CCCCCC1C(c2ccc(CNC(=O)CO)cc2)=NN=C(C)C1C. The largest absolute Gasteiger partial charge is 0.387 e. The molecule has 0 fully saturated rings. The van der Waals surface area contributed by atoms with Crippen LogP contribution in [0.25, 0.3) is 0 Å². The molecular formula is C20H29N3O2. The van der Waals surface area contributed by atoms with Gasteiger partial charge in [-0.2, -0.15) is 10.2 Å². The van der Waals surface area contributed by atoms with E-state index in [1.807, 2.05) is 12.1 Å². The number of hydrogen-bond donors (Lipinski definition) is 2. The highest BCUT2D eigenvalue weighted by molar-refractivity contribution is 6.06. The van der Waals surface area contributed by atoms with E-state index in [0.29, 0.717) is 18.4 Å². The van der Waals surface area contributed by atoms with Crippen molar-refractivity contribution in [2.45, 2.75) is 53.0 Å². The number of nitrogens with one attached hydrogen (secondary N) is 1. The van der Waals surface area contributed by atoms with Crippen LogP contribution in [0.1, 0.15) is 57.6 Å². The Morgan fingerprint density at radius 1 is 1.20 bits per heavy atom. The molecule has 0 saturated heterocycles. The van der Waals surface area contributed by atoms with E-state index in [0.717, 1.165) is 29.0 Å². The topological polar surface area (TPSA) is 74.0 Å². The fourth-order valence-corrected chi connectivity index (χ4v) is 3.15. The number of carbonyl (C=O) groups is 1. The van der Waals surface area contributed by atoms with Gasteiger partial charge in [0.2, 0.25) is 5.91 Å². The van der Waals surface area contributed by atoms with Crippen molar-refractivity contribution < 1.29 is 9.90 Å². The molecule has 1 aliphatic rings. The van der Waals surface area contributed by atoms with Gasteiger partial charge in [-0.05, 0) is 24.5 Å². The van der Waals surface area contributed by atoms with Crippen molar-refractivity contribution in [2.24, 2.45) is 22.0 Å². The number of amides is 1. The Kier molecular flexibility index (Phi) is 7.31. The summed E-state index contributed by atoms with van der Waals surface area (Å²) in [7, 11) is 0. The minimum atomic E-state index is -0.483. The van der Waals surface area contributed by atoms with Crippen molar-refractivity contribution in [1.82, 2.24) is 5.32 Å². The van der Waals surface area contributed by atoms with E-state index >= 15 is 0 Å². The molecule has 0 radical (unpaired) electrons. The highest BCUT2D eigenvalue weighted by Crippen LogP contribution is 2.29. The average Bonchev–Trinajstić information content (AvgIpc) is 2.64. The molecule has 0 spiro atoms. The van der Waals surface area contributed by atoms with Crippen LogP contribution in [0.15, 0.2) is 34.5 Å². The molecule has 0 bridgehead atoms. The molecule has 2 rings (SSSR count). The maximum Gasteiger partial charge on any atom is 0.245 e. The first-order chi connectivity index (χ1) is 12.1. The average molecular weight is 343 g/mol. The molecule has 5 heteroatoms. The summed E-state index contributed by atoms with van der Waals surface area (Å²) in [5, 5.41) is 20.3. The van der Waals surface area contributed by atoms with E-state index in [2.05, 4.69) is 48.4 Å². The van der Waals surface area contributed by atoms with E-state index < -0.39 is 6.61 Å². The van der Waals surface area contributed by atoms with Gasteiger partial charge in [0.15, 0.2) is 0 Å². The van der Waals surface area contributed by atoms with Crippen molar-refractivity contribution in [3.8, 4) is 0 Å². The van der Waals surface area contributed by atoms with E-state index in [9.17, 15) is 4.79 Å². The van der Waals surface area contributed by atoms with E-state index in [1.54, 1.807) is 0 Å². The molecule has 1 aliphatic heterocycles. The third-order valence-corrected chi connectivity index (χ3v) is 4.93. The minimum absolute atomic E-state index is 0.365. The maximum absolute atomic E-state index is 11.1. The zero-order valence-electron chi connectivity index (χ0n) is 15.5. The Morgan fingerprint density at radius 2 is 1.92 bits per heavy atom. The number of benzene rings is 1. The lowest BCUT2D eigenvalue weighted by molar-refractivity contribution is -0.123. The summed E-state index contributed by atoms with van der Waals surface area (Å²) < 4.78 is 0. The number of aliphatic hydroxyl groups is 1. The summed E-state index contributed by atoms with van der Waals surface area (Å²) in [6.45, 7) is 6.46. The van der Waals surface area contributed by atoms with Gasteiger partial charge >= 0.3 is 0 Å². The second-order valence-electron chi connectivity index (χ2n) is 6.75. The van der Waals surface area contributed by atoms with Crippen LogP contribution in [0.3, 0.4) is 0 Å². The van der Waals surface area contributed by atoms with Crippen molar-refractivity contribution in [1.29, 1.82) is 0 Å². The van der Waals surface area contributed by atoms with Gasteiger partial charge in [-0.3, -0.25) is 4.79 Å². The molecule has 1 aromatic rings. The van der Waals surface area contributed by atoms with Crippen molar-refractivity contribution >= 4 is 17.3 Å². The molecule has 25 heavy (non-hydrogen) atoms. The summed E-state index contributed by atoms with van der Waals surface area (Å²) in [5.74, 6) is 0.451. The Morgan fingerprint density at radius 3 is 2.56 bits per heavy atom. The van der Waals surface area contributed by atoms with Crippen LogP contribution >= 0.6 is 0 Å². The molecule has 1 amide bonds. The number of nitrogens with zero attached hydrogens (tertiary/aromatic N) is 2. The van der Waals surface area contributed by atoms with Gasteiger partial charge in [0.1, 0.15) is 6.61 Å². The molecule has 0 saturated carbocycles. The second kappa shape index (κ2) is 9.47. The minimum Gasteiger partial charge on any atom is -0.387 e. The van der Waals surface area contributed by atoms with Crippen LogP contribution in [0.5, 0.6) is 0 Å². The zero-order chi connectivity index (χ0) is 18.2. The predicted molar refractivity (Wildman–Crippen MR) is 102 cm³/mol. The second-order valence-corrected chi connectivity index (χ2v) is 6.75. The Labute approximate surface area is 150 Å². The quantitative estimate of drug-likeness (QED) is 0.711. The standard InChI is InChI=1S/C20H29N3O2/c1-4-5-6-7-18-14(2)15(3)22-23-20(18)17-10-8-16(9-11-17)12-21-19(25)13-24/h8-11,14,18,24H,4-7,12-13H2,1-3H3,(H,21,25). The summed E-state index contributed by atoms with van der Waals surface area (Å²) >= 11 is 0. The first-order valence-electron chi connectivity index (χ1n) is 9.15. The van der Waals surface area contributed by atoms with Crippen molar-refractivity contribution in [3.63, 3.8) is 0 Å².